The molecule has 0 fully saturated rings. The van der Waals surface area contributed by atoms with Crippen LogP contribution in [0.4, 0.5) is 5.69 Å². The number of rotatable bonds is 3. The van der Waals surface area contributed by atoms with Gasteiger partial charge in [0.15, 0.2) is 0 Å². The second kappa shape index (κ2) is 4.04. The number of H-pyrrole nitrogens is 1. The van der Waals surface area contributed by atoms with E-state index in [1.807, 2.05) is 24.3 Å². The van der Waals surface area contributed by atoms with E-state index in [9.17, 15) is 0 Å². The fourth-order valence-corrected chi connectivity index (χ4v) is 1.51. The number of aromatic nitrogens is 2. The molecule has 3 N–H and O–H groups in total. The lowest BCUT2D eigenvalue weighted by Gasteiger charge is -2.08. The summed E-state index contributed by atoms with van der Waals surface area (Å²) in [4.78, 5) is 0. The molecule has 0 aliphatic heterocycles. The van der Waals surface area contributed by atoms with Crippen LogP contribution >= 0.6 is 0 Å². The Morgan fingerprint density at radius 1 is 1.40 bits per heavy atom. The smallest absolute Gasteiger partial charge is 0.142 e. The van der Waals surface area contributed by atoms with E-state index in [1.54, 1.807) is 13.3 Å². The molecule has 15 heavy (non-hydrogen) atoms. The Morgan fingerprint density at radius 2 is 2.27 bits per heavy atom. The van der Waals surface area contributed by atoms with Crippen LogP contribution in [0.5, 0.6) is 5.75 Å². The molecule has 4 nitrogen and oxygen atoms in total. The van der Waals surface area contributed by atoms with E-state index < -0.39 is 0 Å². The van der Waals surface area contributed by atoms with Crippen LogP contribution in [-0.2, 0) is 6.42 Å². The number of hydrogen-bond acceptors (Lipinski definition) is 3. The Hall–Kier alpha value is -1.97. The first-order valence-electron chi connectivity index (χ1n) is 4.71. The summed E-state index contributed by atoms with van der Waals surface area (Å²) in [5.74, 6) is 0.715. The highest BCUT2D eigenvalue weighted by Crippen LogP contribution is 2.26. The Kier molecular flexibility index (Phi) is 2.58. The largest absolute Gasteiger partial charge is 0.495 e. The first kappa shape index (κ1) is 9.58. The molecule has 0 radical (unpaired) electrons. The Morgan fingerprint density at radius 3 is 2.93 bits per heavy atom. The van der Waals surface area contributed by atoms with Crippen molar-refractivity contribution in [3.8, 4) is 5.75 Å². The van der Waals surface area contributed by atoms with Crippen LogP contribution < -0.4 is 10.5 Å². The van der Waals surface area contributed by atoms with Crippen molar-refractivity contribution < 1.29 is 4.74 Å². The van der Waals surface area contributed by atoms with Gasteiger partial charge in [-0.3, -0.25) is 5.10 Å². The van der Waals surface area contributed by atoms with Crippen molar-refractivity contribution in [2.75, 3.05) is 12.8 Å². The van der Waals surface area contributed by atoms with Gasteiger partial charge in [0.1, 0.15) is 5.75 Å². The average molecular weight is 203 g/mol. The van der Waals surface area contributed by atoms with Crippen LogP contribution in [0, 0.1) is 0 Å². The van der Waals surface area contributed by atoms with E-state index in [0.29, 0.717) is 11.4 Å². The first-order chi connectivity index (χ1) is 7.31. The number of para-hydroxylation sites is 1. The van der Waals surface area contributed by atoms with Gasteiger partial charge in [-0.05, 0) is 17.7 Å². The maximum atomic E-state index is 5.95. The normalized spacial score (nSPS) is 10.2. The van der Waals surface area contributed by atoms with Gasteiger partial charge >= 0.3 is 0 Å². The van der Waals surface area contributed by atoms with E-state index in [4.69, 9.17) is 10.5 Å². The number of nitrogens with one attached hydrogen (secondary N) is 1. The van der Waals surface area contributed by atoms with Crippen LogP contribution in [0.15, 0.2) is 30.5 Å². The summed E-state index contributed by atoms with van der Waals surface area (Å²) in [5.41, 5.74) is 8.72. The summed E-state index contributed by atoms with van der Waals surface area (Å²) in [6, 6.07) is 7.70. The Balaban J connectivity index is 2.29. The molecule has 2 rings (SSSR count). The van der Waals surface area contributed by atoms with Crippen LogP contribution in [0.3, 0.4) is 0 Å². The predicted molar refractivity (Wildman–Crippen MR) is 58.8 cm³/mol. The lowest BCUT2D eigenvalue weighted by molar-refractivity contribution is 0.416. The molecule has 0 atom stereocenters. The number of anilines is 1. The highest BCUT2D eigenvalue weighted by Gasteiger charge is 2.06. The van der Waals surface area contributed by atoms with E-state index in [0.717, 1.165) is 17.7 Å². The molecule has 0 saturated heterocycles. The van der Waals surface area contributed by atoms with E-state index in [-0.39, 0.29) is 0 Å². The van der Waals surface area contributed by atoms with Gasteiger partial charge in [-0.25, -0.2) is 0 Å². The van der Waals surface area contributed by atoms with Crippen LogP contribution in [0.25, 0.3) is 0 Å². The maximum Gasteiger partial charge on any atom is 0.142 e. The topological polar surface area (TPSA) is 63.9 Å². The highest BCUT2D eigenvalue weighted by molar-refractivity contribution is 5.59. The average Bonchev–Trinajstić information content (AvgIpc) is 2.74. The number of nitrogens with zero attached hydrogens (tertiary/aromatic N) is 1. The number of benzene rings is 1. The summed E-state index contributed by atoms with van der Waals surface area (Å²) in [7, 11) is 1.62. The van der Waals surface area contributed by atoms with Crippen LogP contribution in [-0.4, -0.2) is 17.3 Å². The molecule has 1 heterocycles. The SMILES string of the molecule is COc1cccc(Cc2ccn[nH]2)c1N. The van der Waals surface area contributed by atoms with Crippen LogP contribution in [0.1, 0.15) is 11.3 Å². The molecule has 0 saturated carbocycles. The third kappa shape index (κ3) is 1.93. The second-order valence-corrected chi connectivity index (χ2v) is 3.29. The fourth-order valence-electron chi connectivity index (χ4n) is 1.51. The molecule has 0 spiro atoms. The number of aromatic amines is 1. The third-order valence-corrected chi connectivity index (χ3v) is 2.32. The minimum absolute atomic E-state index is 0.689. The molecule has 0 aliphatic rings. The quantitative estimate of drug-likeness (QED) is 0.744. The molecule has 78 valence electrons. The fraction of sp³-hybridized carbons (Fsp3) is 0.182. The lowest BCUT2D eigenvalue weighted by atomic mass is 10.1. The lowest BCUT2D eigenvalue weighted by Crippen LogP contribution is -1.99. The van der Waals surface area contributed by atoms with Gasteiger partial charge in [0.2, 0.25) is 0 Å². The summed E-state index contributed by atoms with van der Waals surface area (Å²) in [6.45, 7) is 0. The van der Waals surface area contributed by atoms with Gasteiger partial charge in [0, 0.05) is 18.3 Å². The minimum atomic E-state index is 0.689. The maximum absolute atomic E-state index is 5.95. The Bertz CT molecular complexity index is 437. The molecule has 0 aliphatic carbocycles. The molecule has 0 amide bonds. The summed E-state index contributed by atoms with van der Waals surface area (Å²) in [6.07, 6.45) is 2.47. The predicted octanol–water partition coefficient (Wildman–Crippen LogP) is 1.59. The van der Waals surface area contributed by atoms with Gasteiger partial charge < -0.3 is 10.5 Å². The third-order valence-electron chi connectivity index (χ3n) is 2.32. The standard InChI is InChI=1S/C11H13N3O/c1-15-10-4-2-3-8(11(10)12)7-9-5-6-13-14-9/h2-6H,7,12H2,1H3,(H,13,14). The van der Waals surface area contributed by atoms with E-state index in [1.165, 1.54) is 0 Å². The van der Waals surface area contributed by atoms with Gasteiger partial charge in [-0.15, -0.1) is 0 Å². The zero-order chi connectivity index (χ0) is 10.7. The molecule has 0 bridgehead atoms. The van der Waals surface area contributed by atoms with Gasteiger partial charge in [-0.1, -0.05) is 12.1 Å². The number of nitrogen functional groups attached to an aromatic ring is 1. The van der Waals surface area contributed by atoms with Crippen molar-refractivity contribution in [2.45, 2.75) is 6.42 Å². The van der Waals surface area contributed by atoms with Crippen molar-refractivity contribution in [3.05, 3.63) is 41.7 Å². The number of methoxy groups -OCH3 is 1. The van der Waals surface area contributed by atoms with E-state index >= 15 is 0 Å². The van der Waals surface area contributed by atoms with Crippen molar-refractivity contribution in [1.82, 2.24) is 10.2 Å². The molecule has 0 unspecified atom stereocenters. The molecule has 4 heteroatoms. The van der Waals surface area contributed by atoms with Crippen molar-refractivity contribution >= 4 is 5.69 Å². The highest BCUT2D eigenvalue weighted by atomic mass is 16.5. The molecule has 1 aromatic carbocycles. The minimum Gasteiger partial charge on any atom is -0.495 e. The molecular weight excluding hydrogens is 190 g/mol. The van der Waals surface area contributed by atoms with Crippen molar-refractivity contribution in [2.24, 2.45) is 0 Å². The Labute approximate surface area is 88.1 Å². The summed E-state index contributed by atoms with van der Waals surface area (Å²) >= 11 is 0. The molecule has 1 aromatic heterocycles. The number of hydrogen-bond donors (Lipinski definition) is 2. The van der Waals surface area contributed by atoms with E-state index in [2.05, 4.69) is 10.2 Å². The molecule has 2 aromatic rings. The zero-order valence-electron chi connectivity index (χ0n) is 8.53. The van der Waals surface area contributed by atoms with Gasteiger partial charge in [0.05, 0.1) is 12.8 Å². The second-order valence-electron chi connectivity index (χ2n) is 3.29. The van der Waals surface area contributed by atoms with Crippen molar-refractivity contribution in [1.29, 1.82) is 0 Å². The van der Waals surface area contributed by atoms with Gasteiger partial charge in [0.25, 0.3) is 0 Å². The van der Waals surface area contributed by atoms with Crippen LogP contribution in [0.2, 0.25) is 0 Å². The first-order valence-corrected chi connectivity index (χ1v) is 4.71. The number of nitrogens with two attached hydrogens (primary N) is 1. The molecular formula is C11H13N3O. The number of ether oxygens (including phenoxy) is 1. The monoisotopic (exact) mass is 203 g/mol. The summed E-state index contributed by atoms with van der Waals surface area (Å²) in [5, 5.41) is 6.80. The van der Waals surface area contributed by atoms with Crippen molar-refractivity contribution in [3.63, 3.8) is 0 Å². The zero-order valence-corrected chi connectivity index (χ0v) is 8.53. The van der Waals surface area contributed by atoms with Gasteiger partial charge in [-0.2, -0.15) is 5.10 Å². The summed E-state index contributed by atoms with van der Waals surface area (Å²) < 4.78 is 5.15.